The molecule has 0 atom stereocenters. The molecule has 1 aliphatic rings. The summed E-state index contributed by atoms with van der Waals surface area (Å²) in [5, 5.41) is 0. The van der Waals surface area contributed by atoms with Crippen molar-refractivity contribution in [3.05, 3.63) is 90.3 Å². The van der Waals surface area contributed by atoms with Gasteiger partial charge in [-0.05, 0) is 48.9 Å². The van der Waals surface area contributed by atoms with Gasteiger partial charge in [-0.3, -0.25) is 9.78 Å². The molecular weight excluding hydrogens is 358 g/mol. The zero-order valence-corrected chi connectivity index (χ0v) is 16.9. The van der Waals surface area contributed by atoms with Crippen molar-refractivity contribution in [3.63, 3.8) is 0 Å². The standard InChI is InChI=1S/C25H27N3O/c1-27(23-10-6-3-7-11-23)25(29)22-17-24(19-26-18-22)28-14-12-21(13-15-28)16-20-8-4-2-5-9-20/h2-11,17-19,21H,12-16H2,1H3. The van der Waals surface area contributed by atoms with Gasteiger partial charge in [0.1, 0.15) is 0 Å². The summed E-state index contributed by atoms with van der Waals surface area (Å²) in [6, 6.07) is 22.4. The molecule has 1 amide bonds. The van der Waals surface area contributed by atoms with Crippen LogP contribution in [0.3, 0.4) is 0 Å². The number of nitrogens with zero attached hydrogens (tertiary/aromatic N) is 3. The molecule has 29 heavy (non-hydrogen) atoms. The number of rotatable bonds is 5. The third kappa shape index (κ3) is 4.65. The summed E-state index contributed by atoms with van der Waals surface area (Å²) >= 11 is 0. The predicted octanol–water partition coefficient (Wildman–Crippen LogP) is 4.82. The second kappa shape index (κ2) is 8.91. The lowest BCUT2D eigenvalue weighted by Gasteiger charge is -2.33. The fourth-order valence-electron chi connectivity index (χ4n) is 4.02. The molecule has 2 aromatic carbocycles. The summed E-state index contributed by atoms with van der Waals surface area (Å²) < 4.78 is 0. The number of carbonyl (C=O) groups excluding carboxylic acids is 1. The molecular formula is C25H27N3O. The molecule has 0 spiro atoms. The Kier molecular flexibility index (Phi) is 5.89. The summed E-state index contributed by atoms with van der Waals surface area (Å²) in [4.78, 5) is 21.3. The van der Waals surface area contributed by atoms with Gasteiger partial charge in [0.15, 0.2) is 0 Å². The van der Waals surface area contributed by atoms with Crippen molar-refractivity contribution in [2.75, 3.05) is 29.9 Å². The Hall–Kier alpha value is -3.14. The van der Waals surface area contributed by atoms with Gasteiger partial charge >= 0.3 is 0 Å². The number of para-hydroxylation sites is 1. The molecule has 2 heterocycles. The lowest BCUT2D eigenvalue weighted by Crippen LogP contribution is -2.34. The number of amides is 1. The summed E-state index contributed by atoms with van der Waals surface area (Å²) in [7, 11) is 1.80. The summed E-state index contributed by atoms with van der Waals surface area (Å²) in [6.45, 7) is 2.01. The number of benzene rings is 2. The average molecular weight is 386 g/mol. The van der Waals surface area contributed by atoms with Crippen LogP contribution in [0.5, 0.6) is 0 Å². The van der Waals surface area contributed by atoms with E-state index in [0.29, 0.717) is 5.56 Å². The highest BCUT2D eigenvalue weighted by Gasteiger charge is 2.21. The highest BCUT2D eigenvalue weighted by molar-refractivity contribution is 6.06. The second-order valence-electron chi connectivity index (χ2n) is 7.75. The number of anilines is 2. The molecule has 1 aliphatic heterocycles. The summed E-state index contributed by atoms with van der Waals surface area (Å²) in [6.07, 6.45) is 7.01. The average Bonchev–Trinajstić information content (AvgIpc) is 2.80. The first-order valence-electron chi connectivity index (χ1n) is 10.3. The van der Waals surface area contributed by atoms with Gasteiger partial charge in [-0.25, -0.2) is 0 Å². The van der Waals surface area contributed by atoms with Gasteiger partial charge in [0, 0.05) is 32.0 Å². The number of piperidine rings is 1. The van der Waals surface area contributed by atoms with Crippen LogP contribution in [0.2, 0.25) is 0 Å². The van der Waals surface area contributed by atoms with Crippen molar-refractivity contribution in [3.8, 4) is 0 Å². The number of pyridine rings is 1. The van der Waals surface area contributed by atoms with E-state index in [4.69, 9.17) is 0 Å². The van der Waals surface area contributed by atoms with Crippen molar-refractivity contribution >= 4 is 17.3 Å². The van der Waals surface area contributed by atoms with Gasteiger partial charge in [0.25, 0.3) is 5.91 Å². The predicted molar refractivity (Wildman–Crippen MR) is 118 cm³/mol. The van der Waals surface area contributed by atoms with Crippen LogP contribution >= 0.6 is 0 Å². The maximum atomic E-state index is 12.9. The lowest BCUT2D eigenvalue weighted by molar-refractivity contribution is 0.0992. The highest BCUT2D eigenvalue weighted by Crippen LogP contribution is 2.26. The molecule has 0 radical (unpaired) electrons. The first-order valence-corrected chi connectivity index (χ1v) is 10.3. The van der Waals surface area contributed by atoms with Gasteiger partial charge < -0.3 is 9.80 Å². The molecule has 0 aliphatic carbocycles. The molecule has 1 saturated heterocycles. The van der Waals surface area contributed by atoms with Crippen LogP contribution in [-0.4, -0.2) is 31.0 Å². The number of hydrogen-bond acceptors (Lipinski definition) is 3. The van der Waals surface area contributed by atoms with Crippen molar-refractivity contribution in [2.45, 2.75) is 19.3 Å². The molecule has 1 fully saturated rings. The number of hydrogen-bond donors (Lipinski definition) is 0. The second-order valence-corrected chi connectivity index (χ2v) is 7.75. The topological polar surface area (TPSA) is 36.4 Å². The van der Waals surface area contributed by atoms with Gasteiger partial charge in [-0.2, -0.15) is 0 Å². The van der Waals surface area contributed by atoms with E-state index in [1.807, 2.05) is 42.6 Å². The lowest BCUT2D eigenvalue weighted by atomic mass is 9.90. The molecule has 1 aromatic heterocycles. The Balaban J connectivity index is 1.40. The Morgan fingerprint density at radius 3 is 2.34 bits per heavy atom. The maximum Gasteiger partial charge on any atom is 0.259 e. The minimum absolute atomic E-state index is 0.0375. The third-order valence-corrected chi connectivity index (χ3v) is 5.77. The largest absolute Gasteiger partial charge is 0.370 e. The highest BCUT2D eigenvalue weighted by atomic mass is 16.2. The van der Waals surface area contributed by atoms with Crippen LogP contribution in [0.4, 0.5) is 11.4 Å². The van der Waals surface area contributed by atoms with E-state index < -0.39 is 0 Å². The van der Waals surface area contributed by atoms with Crippen LogP contribution in [0.1, 0.15) is 28.8 Å². The van der Waals surface area contributed by atoms with Crippen LogP contribution < -0.4 is 9.80 Å². The summed E-state index contributed by atoms with van der Waals surface area (Å²) in [5.41, 5.74) is 3.96. The Labute approximate surface area is 172 Å². The molecule has 4 heteroatoms. The molecule has 0 saturated carbocycles. The molecule has 0 N–H and O–H groups in total. The van der Waals surface area contributed by atoms with E-state index in [9.17, 15) is 4.79 Å². The first kappa shape index (κ1) is 19.2. The van der Waals surface area contributed by atoms with E-state index in [0.717, 1.165) is 49.6 Å². The Bertz CT molecular complexity index is 935. The fourth-order valence-corrected chi connectivity index (χ4v) is 4.02. The van der Waals surface area contributed by atoms with Gasteiger partial charge in [0.2, 0.25) is 0 Å². The maximum absolute atomic E-state index is 12.9. The molecule has 4 rings (SSSR count). The first-order chi connectivity index (χ1) is 14.2. The quantitative estimate of drug-likeness (QED) is 0.632. The Morgan fingerprint density at radius 1 is 1.00 bits per heavy atom. The van der Waals surface area contributed by atoms with Crippen molar-refractivity contribution < 1.29 is 4.79 Å². The van der Waals surface area contributed by atoms with E-state index in [1.165, 1.54) is 5.56 Å². The van der Waals surface area contributed by atoms with Crippen LogP contribution in [0, 0.1) is 5.92 Å². The zero-order chi connectivity index (χ0) is 20.1. The van der Waals surface area contributed by atoms with Crippen LogP contribution in [-0.2, 0) is 6.42 Å². The van der Waals surface area contributed by atoms with E-state index >= 15 is 0 Å². The van der Waals surface area contributed by atoms with Crippen LogP contribution in [0.15, 0.2) is 79.1 Å². The fraction of sp³-hybridized carbons (Fsp3) is 0.280. The normalized spacial score (nSPS) is 14.6. The smallest absolute Gasteiger partial charge is 0.259 e. The SMILES string of the molecule is CN(C(=O)c1cncc(N2CCC(Cc3ccccc3)CC2)c1)c1ccccc1. The molecule has 0 bridgehead atoms. The van der Waals surface area contributed by atoms with E-state index in [1.54, 1.807) is 18.1 Å². The molecule has 148 valence electrons. The van der Waals surface area contributed by atoms with Crippen molar-refractivity contribution in [1.82, 2.24) is 4.98 Å². The van der Waals surface area contributed by atoms with Crippen LogP contribution in [0.25, 0.3) is 0 Å². The monoisotopic (exact) mass is 385 g/mol. The zero-order valence-electron chi connectivity index (χ0n) is 16.9. The molecule has 4 nitrogen and oxygen atoms in total. The molecule has 0 unspecified atom stereocenters. The van der Waals surface area contributed by atoms with Gasteiger partial charge in [-0.1, -0.05) is 48.5 Å². The van der Waals surface area contributed by atoms with E-state index in [-0.39, 0.29) is 5.91 Å². The minimum atomic E-state index is -0.0375. The van der Waals surface area contributed by atoms with Crippen molar-refractivity contribution in [1.29, 1.82) is 0 Å². The summed E-state index contributed by atoms with van der Waals surface area (Å²) in [5.74, 6) is 0.681. The van der Waals surface area contributed by atoms with Gasteiger partial charge in [-0.15, -0.1) is 0 Å². The number of aromatic nitrogens is 1. The molecule has 3 aromatic rings. The van der Waals surface area contributed by atoms with E-state index in [2.05, 4.69) is 40.2 Å². The number of carbonyl (C=O) groups is 1. The minimum Gasteiger partial charge on any atom is -0.370 e. The Morgan fingerprint density at radius 2 is 1.66 bits per heavy atom. The third-order valence-electron chi connectivity index (χ3n) is 5.77. The van der Waals surface area contributed by atoms with Gasteiger partial charge in [0.05, 0.1) is 17.4 Å². The van der Waals surface area contributed by atoms with Crippen molar-refractivity contribution in [2.24, 2.45) is 5.92 Å².